The van der Waals surface area contributed by atoms with Crippen LogP contribution in [0.25, 0.3) is 0 Å². The molecule has 376 valence electrons. The van der Waals surface area contributed by atoms with E-state index in [1.807, 2.05) is 0 Å². The fourth-order valence-electron chi connectivity index (χ4n) is 6.41. The van der Waals surface area contributed by atoms with E-state index >= 15 is 0 Å². The van der Waals surface area contributed by atoms with Crippen molar-refractivity contribution in [3.05, 3.63) is 35.9 Å². The Bertz CT molecular complexity index is 1990. The van der Waals surface area contributed by atoms with Crippen LogP contribution in [0.15, 0.2) is 35.3 Å². The molecule has 25 nitrogen and oxygen atoms in total. The molecule has 0 radical (unpaired) electrons. The quantitative estimate of drug-likeness (QED) is 0.0253. The van der Waals surface area contributed by atoms with Gasteiger partial charge < -0.3 is 70.8 Å². The topological polar surface area (TPSA) is 418 Å². The molecule has 1 unspecified atom stereocenters. The summed E-state index contributed by atoms with van der Waals surface area (Å²) < 4.78 is 0. The summed E-state index contributed by atoms with van der Waals surface area (Å²) in [5, 5.41) is 17.7. The molecule has 0 bridgehead atoms. The molecule has 1 aromatic rings. The SMILES string of the molecule is CC[C@H](C)[C@@H]1NC(=O)[C@@H](Cc2ccccc2)NC(=O)CCSSC[C@@H](C(=O)N(C)CC(=O)N[C@@H](CCCN=C(N)N)C(=O)NCC(N)=O)NC(=O)[C@H](CC(N)=O)NC(=O)C(CCC(N)=O)NC1=O. The Hall–Kier alpha value is -6.64. The predicted octanol–water partition coefficient (Wildman–Crippen LogP) is -4.78. The molecule has 1 heterocycles. The van der Waals surface area contributed by atoms with Crippen molar-refractivity contribution >= 4 is 92.5 Å². The van der Waals surface area contributed by atoms with Crippen LogP contribution in [-0.2, 0) is 59.2 Å². The molecular weight excluding hydrogens is 929 g/mol. The van der Waals surface area contributed by atoms with Gasteiger partial charge in [-0.05, 0) is 30.7 Å². The molecule has 1 fully saturated rings. The summed E-state index contributed by atoms with van der Waals surface area (Å²) in [6, 6.07) is 0.435. The summed E-state index contributed by atoms with van der Waals surface area (Å²) in [6.45, 7) is 2.36. The van der Waals surface area contributed by atoms with Gasteiger partial charge in [-0.15, -0.1) is 0 Å². The predicted molar refractivity (Wildman–Crippen MR) is 253 cm³/mol. The number of primary amides is 3. The van der Waals surface area contributed by atoms with Gasteiger partial charge in [0.2, 0.25) is 65.0 Å². The average Bonchev–Trinajstić information content (AvgIpc) is 3.27. The smallest absolute Gasteiger partial charge is 0.246 e. The number of nitrogens with two attached hydrogens (primary N) is 5. The normalized spacial score (nSPS) is 20.8. The number of hydrogen-bond donors (Lipinski definition) is 12. The highest BCUT2D eigenvalue weighted by molar-refractivity contribution is 8.76. The van der Waals surface area contributed by atoms with E-state index in [4.69, 9.17) is 28.7 Å². The minimum Gasteiger partial charge on any atom is -0.370 e. The van der Waals surface area contributed by atoms with Gasteiger partial charge in [-0.1, -0.05) is 72.2 Å². The first kappa shape index (κ1) is 57.5. The van der Waals surface area contributed by atoms with Gasteiger partial charge in [0.05, 0.1) is 19.5 Å². The minimum atomic E-state index is -1.74. The highest BCUT2D eigenvalue weighted by Gasteiger charge is 2.36. The molecule has 27 heteroatoms. The summed E-state index contributed by atoms with van der Waals surface area (Å²) >= 11 is 0. The van der Waals surface area contributed by atoms with E-state index in [0.29, 0.717) is 12.0 Å². The molecule has 1 aliphatic heterocycles. The summed E-state index contributed by atoms with van der Waals surface area (Å²) in [5.41, 5.74) is 27.4. The first-order chi connectivity index (χ1) is 32.1. The van der Waals surface area contributed by atoms with Gasteiger partial charge in [-0.25, -0.2) is 0 Å². The molecule has 17 N–H and O–H groups in total. The lowest BCUT2D eigenvalue weighted by Crippen LogP contribution is -2.61. The second-order valence-electron chi connectivity index (χ2n) is 15.8. The lowest BCUT2D eigenvalue weighted by Gasteiger charge is -2.29. The van der Waals surface area contributed by atoms with Crippen LogP contribution in [0.4, 0.5) is 0 Å². The minimum absolute atomic E-state index is 0.00864. The van der Waals surface area contributed by atoms with E-state index < -0.39 is 133 Å². The fraction of sp³-hybridized carbons (Fsp3) is 0.561. The number of benzene rings is 1. The Labute approximate surface area is 401 Å². The number of guanidine groups is 1. The Morgan fingerprint density at radius 1 is 0.809 bits per heavy atom. The van der Waals surface area contributed by atoms with E-state index in [9.17, 15) is 52.7 Å². The molecule has 1 saturated heterocycles. The zero-order valence-corrected chi connectivity index (χ0v) is 39.8. The molecule has 11 amide bonds. The summed E-state index contributed by atoms with van der Waals surface area (Å²) in [5.74, 6) is -10.1. The Balaban J connectivity index is 2.52. The zero-order chi connectivity index (χ0) is 50.9. The van der Waals surface area contributed by atoms with Gasteiger partial charge in [0.25, 0.3) is 0 Å². The third-order valence-electron chi connectivity index (χ3n) is 10.2. The van der Waals surface area contributed by atoms with Gasteiger partial charge in [-0.2, -0.15) is 0 Å². The lowest BCUT2D eigenvalue weighted by molar-refractivity contribution is -0.139. The van der Waals surface area contributed by atoms with Crippen molar-refractivity contribution in [1.29, 1.82) is 0 Å². The fourth-order valence-corrected chi connectivity index (χ4v) is 8.55. The third-order valence-corrected chi connectivity index (χ3v) is 12.6. The molecule has 2 rings (SSSR count). The molecule has 0 aromatic heterocycles. The Kier molecular flexibility index (Phi) is 25.3. The number of amides is 11. The van der Waals surface area contributed by atoms with Gasteiger partial charge in [0.1, 0.15) is 36.3 Å². The van der Waals surface area contributed by atoms with Crippen LogP contribution in [0.3, 0.4) is 0 Å². The Morgan fingerprint density at radius 3 is 2.07 bits per heavy atom. The highest BCUT2D eigenvalue weighted by Crippen LogP contribution is 2.24. The van der Waals surface area contributed by atoms with Crippen molar-refractivity contribution in [2.75, 3.05) is 38.2 Å². The molecule has 1 aliphatic rings. The number of carbonyl (C=O) groups excluding carboxylic acids is 11. The van der Waals surface area contributed by atoms with Crippen molar-refractivity contribution in [3.8, 4) is 0 Å². The first-order valence-corrected chi connectivity index (χ1v) is 24.1. The van der Waals surface area contributed by atoms with Crippen molar-refractivity contribution in [2.45, 2.75) is 101 Å². The zero-order valence-electron chi connectivity index (χ0n) is 38.2. The number of rotatable bonds is 20. The molecule has 7 atom stereocenters. The van der Waals surface area contributed by atoms with E-state index in [2.05, 4.69) is 42.2 Å². The van der Waals surface area contributed by atoms with Crippen LogP contribution in [-0.4, -0.2) is 150 Å². The summed E-state index contributed by atoms with van der Waals surface area (Å²) in [4.78, 5) is 150. The Morgan fingerprint density at radius 2 is 1.46 bits per heavy atom. The van der Waals surface area contributed by atoms with Crippen LogP contribution in [0.5, 0.6) is 0 Å². The van der Waals surface area contributed by atoms with Crippen LogP contribution in [0.1, 0.15) is 64.4 Å². The number of carbonyl (C=O) groups is 11. The number of likely N-dealkylation sites (N-methyl/N-ethyl adjacent to an activating group) is 1. The van der Waals surface area contributed by atoms with Crippen molar-refractivity contribution in [3.63, 3.8) is 0 Å². The van der Waals surface area contributed by atoms with E-state index in [0.717, 1.165) is 26.5 Å². The van der Waals surface area contributed by atoms with Gasteiger partial charge in [-0.3, -0.25) is 57.7 Å². The number of nitrogens with one attached hydrogen (secondary N) is 7. The first-order valence-electron chi connectivity index (χ1n) is 21.6. The largest absolute Gasteiger partial charge is 0.370 e. The average molecular weight is 993 g/mol. The maximum absolute atomic E-state index is 14.0. The number of nitrogens with zero attached hydrogens (tertiary/aromatic N) is 2. The maximum Gasteiger partial charge on any atom is 0.246 e. The summed E-state index contributed by atoms with van der Waals surface area (Å²) in [7, 11) is 3.42. The standard InChI is InChI=1S/C41H64N14O11S2/c1-4-22(2)34-39(65)51-25(12-13-29(42)56)36(62)52-27(18-30(43)57)37(63)53-28(21-68-67-16-14-32(59)50-26(38(64)54-34)17-23-9-6-5-7-10-23)40(66)55(3)20-33(60)49-24(11-8-15-47-41(45)46)35(61)48-19-31(44)58/h5-7,9-10,22,24-28,34H,4,8,11-21H2,1-3H3,(H2,42,56)(H2,43,57)(H2,44,58)(H,48,61)(H,49,60)(H,50,59)(H,51,65)(H,52,62)(H,53,63)(H,54,64)(H4,45,46,47)/t22-,24-,25?,26+,27-,28-,34-/m0/s1. The molecule has 0 saturated carbocycles. The molecule has 1 aromatic carbocycles. The second kappa shape index (κ2) is 29.9. The van der Waals surface area contributed by atoms with Gasteiger partial charge in [0.15, 0.2) is 5.96 Å². The molecule has 0 spiro atoms. The third kappa shape index (κ3) is 21.8. The monoisotopic (exact) mass is 992 g/mol. The second-order valence-corrected chi connectivity index (χ2v) is 18.5. The summed E-state index contributed by atoms with van der Waals surface area (Å²) in [6.07, 6.45) is -1.04. The van der Waals surface area contributed by atoms with Crippen molar-refractivity contribution in [2.24, 2.45) is 39.6 Å². The van der Waals surface area contributed by atoms with E-state index in [-0.39, 0.29) is 56.1 Å². The highest BCUT2D eigenvalue weighted by atomic mass is 33.1. The lowest BCUT2D eigenvalue weighted by atomic mass is 9.96. The van der Waals surface area contributed by atoms with Gasteiger partial charge in [0, 0.05) is 44.4 Å². The molecular formula is C41H64N14O11S2. The van der Waals surface area contributed by atoms with Crippen LogP contribution < -0.4 is 65.9 Å². The van der Waals surface area contributed by atoms with Crippen molar-refractivity contribution < 1.29 is 52.7 Å². The molecule has 68 heavy (non-hydrogen) atoms. The van der Waals surface area contributed by atoms with E-state index in [1.165, 1.54) is 7.05 Å². The van der Waals surface area contributed by atoms with Crippen LogP contribution in [0.2, 0.25) is 0 Å². The maximum atomic E-state index is 14.0. The number of aliphatic imine (C=N–C) groups is 1. The van der Waals surface area contributed by atoms with Crippen molar-refractivity contribution in [1.82, 2.24) is 42.1 Å². The number of hydrogen-bond acceptors (Lipinski definition) is 14. The van der Waals surface area contributed by atoms with E-state index in [1.54, 1.807) is 44.2 Å². The van der Waals surface area contributed by atoms with Gasteiger partial charge >= 0.3 is 0 Å². The molecule has 0 aliphatic carbocycles. The van der Waals surface area contributed by atoms with Crippen LogP contribution in [0, 0.1) is 5.92 Å². The van der Waals surface area contributed by atoms with Crippen LogP contribution >= 0.6 is 21.6 Å².